The minimum atomic E-state index is 0.249. The summed E-state index contributed by atoms with van der Waals surface area (Å²) < 4.78 is 0. The molecule has 0 amide bonds. The molecule has 84 valence electrons. The van der Waals surface area contributed by atoms with Gasteiger partial charge in [-0.3, -0.25) is 0 Å². The van der Waals surface area contributed by atoms with Crippen molar-refractivity contribution in [1.82, 2.24) is 0 Å². The Morgan fingerprint density at radius 1 is 1.33 bits per heavy atom. The molecule has 1 aromatic rings. The van der Waals surface area contributed by atoms with Crippen LogP contribution in [0.3, 0.4) is 0 Å². The zero-order chi connectivity index (χ0) is 11.4. The Balaban J connectivity index is 2.75. The molecule has 0 bridgehead atoms. The average molecular weight is 227 g/mol. The first kappa shape index (κ1) is 12.5. The van der Waals surface area contributed by atoms with Gasteiger partial charge in [0.05, 0.1) is 0 Å². The molecule has 0 aliphatic rings. The molecule has 0 saturated carbocycles. The van der Waals surface area contributed by atoms with Crippen LogP contribution in [0, 0.1) is 18.8 Å². The minimum absolute atomic E-state index is 0.249. The van der Waals surface area contributed by atoms with Gasteiger partial charge in [0, 0.05) is 11.6 Å². The number of hydrogen-bond donors (Lipinski definition) is 1. The third-order valence-electron chi connectivity index (χ3n) is 2.90. The lowest BCUT2D eigenvalue weighted by molar-refractivity contribution is 0.189. The molecule has 0 heterocycles. The van der Waals surface area contributed by atoms with E-state index in [1.165, 1.54) is 5.56 Å². The maximum Gasteiger partial charge on any atom is 0.0464 e. The van der Waals surface area contributed by atoms with E-state index in [-0.39, 0.29) is 6.61 Å². The predicted octanol–water partition coefficient (Wildman–Crippen LogP) is 3.46. The number of aliphatic hydroxyl groups is 1. The molecule has 1 N–H and O–H groups in total. The molecule has 0 spiro atoms. The monoisotopic (exact) mass is 226 g/mol. The van der Waals surface area contributed by atoms with Crippen molar-refractivity contribution in [2.45, 2.75) is 27.2 Å². The minimum Gasteiger partial charge on any atom is -0.396 e. The Morgan fingerprint density at radius 3 is 2.47 bits per heavy atom. The van der Waals surface area contributed by atoms with Gasteiger partial charge in [-0.25, -0.2) is 0 Å². The first-order valence-electron chi connectivity index (χ1n) is 5.40. The maximum atomic E-state index is 9.26. The highest BCUT2D eigenvalue weighted by atomic mass is 35.5. The van der Waals surface area contributed by atoms with Crippen molar-refractivity contribution in [2.75, 3.05) is 6.61 Å². The molecule has 1 rings (SSSR count). The Kier molecular flexibility index (Phi) is 4.62. The Morgan fingerprint density at radius 2 is 2.00 bits per heavy atom. The van der Waals surface area contributed by atoms with Gasteiger partial charge in [-0.2, -0.15) is 0 Å². The van der Waals surface area contributed by atoms with E-state index in [0.717, 1.165) is 17.0 Å². The number of benzene rings is 1. The highest BCUT2D eigenvalue weighted by Crippen LogP contribution is 2.21. The number of aryl methyl sites for hydroxylation is 1. The van der Waals surface area contributed by atoms with Crippen LogP contribution in [0.15, 0.2) is 18.2 Å². The number of aliphatic hydroxyl groups excluding tert-OH is 1. The lowest BCUT2D eigenvalue weighted by Crippen LogP contribution is -2.16. The summed E-state index contributed by atoms with van der Waals surface area (Å²) in [7, 11) is 0. The van der Waals surface area contributed by atoms with E-state index >= 15 is 0 Å². The van der Waals surface area contributed by atoms with Gasteiger partial charge in [-0.1, -0.05) is 37.6 Å². The van der Waals surface area contributed by atoms with E-state index in [4.69, 9.17) is 11.6 Å². The van der Waals surface area contributed by atoms with Crippen molar-refractivity contribution in [2.24, 2.45) is 11.8 Å². The lowest BCUT2D eigenvalue weighted by Gasteiger charge is -2.18. The summed E-state index contributed by atoms with van der Waals surface area (Å²) >= 11 is 5.96. The largest absolute Gasteiger partial charge is 0.396 e. The Bertz CT molecular complexity index is 320. The second kappa shape index (κ2) is 5.53. The molecule has 0 fully saturated rings. The maximum absolute atomic E-state index is 9.26. The van der Waals surface area contributed by atoms with Crippen molar-refractivity contribution in [1.29, 1.82) is 0 Å². The Labute approximate surface area is 97.1 Å². The van der Waals surface area contributed by atoms with Gasteiger partial charge in [0.1, 0.15) is 0 Å². The van der Waals surface area contributed by atoms with Crippen LogP contribution in [-0.4, -0.2) is 11.7 Å². The van der Waals surface area contributed by atoms with Gasteiger partial charge >= 0.3 is 0 Å². The molecule has 1 atom stereocenters. The van der Waals surface area contributed by atoms with Crippen molar-refractivity contribution in [3.8, 4) is 0 Å². The summed E-state index contributed by atoms with van der Waals surface area (Å²) in [6.45, 7) is 6.54. The SMILES string of the molecule is Cc1cc(CC(CO)C(C)C)ccc1Cl. The van der Waals surface area contributed by atoms with Crippen molar-refractivity contribution in [3.63, 3.8) is 0 Å². The molecular formula is C13H19ClO. The van der Waals surface area contributed by atoms with E-state index < -0.39 is 0 Å². The first-order valence-corrected chi connectivity index (χ1v) is 5.78. The first-order chi connectivity index (χ1) is 7.04. The van der Waals surface area contributed by atoms with Crippen LogP contribution in [0.1, 0.15) is 25.0 Å². The Hall–Kier alpha value is -0.530. The molecule has 0 saturated heterocycles. The van der Waals surface area contributed by atoms with Crippen LogP contribution in [0.5, 0.6) is 0 Å². The zero-order valence-corrected chi connectivity index (χ0v) is 10.4. The molecule has 2 heteroatoms. The van der Waals surface area contributed by atoms with Crippen molar-refractivity contribution in [3.05, 3.63) is 34.3 Å². The average Bonchev–Trinajstić information content (AvgIpc) is 2.19. The zero-order valence-electron chi connectivity index (χ0n) is 9.63. The summed E-state index contributed by atoms with van der Waals surface area (Å²) in [4.78, 5) is 0. The molecule has 15 heavy (non-hydrogen) atoms. The molecule has 0 aromatic heterocycles. The fourth-order valence-corrected chi connectivity index (χ4v) is 1.77. The number of halogens is 1. The molecular weight excluding hydrogens is 208 g/mol. The third-order valence-corrected chi connectivity index (χ3v) is 3.32. The fourth-order valence-electron chi connectivity index (χ4n) is 1.65. The van der Waals surface area contributed by atoms with Crippen LogP contribution >= 0.6 is 11.6 Å². The van der Waals surface area contributed by atoms with Crippen molar-refractivity contribution < 1.29 is 5.11 Å². The van der Waals surface area contributed by atoms with E-state index in [0.29, 0.717) is 11.8 Å². The second-order valence-corrected chi connectivity index (χ2v) is 4.88. The molecule has 0 aliphatic carbocycles. The van der Waals surface area contributed by atoms with Gasteiger partial charge in [0.15, 0.2) is 0 Å². The molecule has 0 radical (unpaired) electrons. The van der Waals surface area contributed by atoms with Gasteiger partial charge < -0.3 is 5.11 Å². The smallest absolute Gasteiger partial charge is 0.0464 e. The highest BCUT2D eigenvalue weighted by molar-refractivity contribution is 6.31. The van der Waals surface area contributed by atoms with Crippen molar-refractivity contribution >= 4 is 11.6 Å². The standard InChI is InChI=1S/C13H19ClO/c1-9(2)12(8-15)7-11-4-5-13(14)10(3)6-11/h4-6,9,12,15H,7-8H2,1-3H3. The van der Waals surface area contributed by atoms with E-state index in [9.17, 15) is 5.11 Å². The van der Waals surface area contributed by atoms with Crippen LogP contribution in [0.2, 0.25) is 5.02 Å². The molecule has 1 unspecified atom stereocenters. The number of hydrogen-bond acceptors (Lipinski definition) is 1. The summed E-state index contributed by atoms with van der Waals surface area (Å²) in [6.07, 6.45) is 0.923. The molecule has 1 aromatic carbocycles. The van der Waals surface area contributed by atoms with E-state index in [2.05, 4.69) is 19.9 Å². The number of rotatable bonds is 4. The normalized spacial score (nSPS) is 13.2. The van der Waals surface area contributed by atoms with Gasteiger partial charge in [0.25, 0.3) is 0 Å². The lowest BCUT2D eigenvalue weighted by atomic mass is 9.89. The van der Waals surface area contributed by atoms with Crippen LogP contribution in [0.25, 0.3) is 0 Å². The van der Waals surface area contributed by atoms with E-state index in [1.807, 2.05) is 19.1 Å². The summed E-state index contributed by atoms with van der Waals surface area (Å²) in [5.74, 6) is 0.844. The van der Waals surface area contributed by atoms with Gasteiger partial charge in [-0.15, -0.1) is 0 Å². The van der Waals surface area contributed by atoms with Crippen LogP contribution in [-0.2, 0) is 6.42 Å². The summed E-state index contributed by atoms with van der Waals surface area (Å²) in [5.41, 5.74) is 2.36. The molecule has 1 nitrogen and oxygen atoms in total. The highest BCUT2D eigenvalue weighted by Gasteiger charge is 2.13. The van der Waals surface area contributed by atoms with Gasteiger partial charge in [-0.05, 0) is 42.4 Å². The van der Waals surface area contributed by atoms with Crippen LogP contribution < -0.4 is 0 Å². The fraction of sp³-hybridized carbons (Fsp3) is 0.538. The van der Waals surface area contributed by atoms with E-state index in [1.54, 1.807) is 0 Å². The predicted molar refractivity (Wildman–Crippen MR) is 65.3 cm³/mol. The third kappa shape index (κ3) is 3.51. The summed E-state index contributed by atoms with van der Waals surface area (Å²) in [5, 5.41) is 10.1. The summed E-state index contributed by atoms with van der Waals surface area (Å²) in [6, 6.07) is 6.08. The molecule has 0 aliphatic heterocycles. The second-order valence-electron chi connectivity index (χ2n) is 4.47. The topological polar surface area (TPSA) is 20.2 Å². The quantitative estimate of drug-likeness (QED) is 0.834. The van der Waals surface area contributed by atoms with Gasteiger partial charge in [0.2, 0.25) is 0 Å². The van der Waals surface area contributed by atoms with Crippen LogP contribution in [0.4, 0.5) is 0 Å².